The second-order valence-corrected chi connectivity index (χ2v) is 16.0. The Balaban J connectivity index is 1.22. The molecule has 322 valence electrons. The molecule has 0 radical (unpaired) electrons. The molecule has 2 aromatic carbocycles. The van der Waals surface area contributed by atoms with Gasteiger partial charge in [-0.3, -0.25) is 15.0 Å². The fourth-order valence-corrected chi connectivity index (χ4v) is 8.37. The van der Waals surface area contributed by atoms with Crippen molar-refractivity contribution >= 4 is 33.4 Å². The summed E-state index contributed by atoms with van der Waals surface area (Å²) in [5, 5.41) is 11.1. The van der Waals surface area contributed by atoms with Gasteiger partial charge in [-0.15, -0.1) is 0 Å². The quantitative estimate of drug-likeness (QED) is 0.0997. The standard InChI is InChI=1S/C51H46N12O2/c1-31-11-8-17-43(55-31)50-57-45(37-25-38(64-5)30-52-28-37)26-47(59-50)62(23-20-35-13-10-16-41-40(35)19-22-53-41)63(24-21-36-29-54-42-15-7-6-14-39(36)42)48-27-46(49-33(3)61-65-34(49)4)58-51(60-48)44-18-9-12-32(2)56-44/h6-19,22,25-30,53-54H,20-21,23-24H2,1-5H3. The minimum atomic E-state index is 0.460. The third kappa shape index (κ3) is 8.36. The Kier molecular flexibility index (Phi) is 11.0. The number of fused-ring (bicyclic) bond motifs is 2. The molecule has 0 bridgehead atoms. The molecule has 0 saturated heterocycles. The first-order valence-electron chi connectivity index (χ1n) is 21.5. The van der Waals surface area contributed by atoms with Gasteiger partial charge in [-0.05, 0) is 100 Å². The second-order valence-electron chi connectivity index (χ2n) is 16.0. The number of aromatic amines is 2. The maximum atomic E-state index is 5.73. The van der Waals surface area contributed by atoms with Crippen LogP contribution >= 0.6 is 0 Å². The van der Waals surface area contributed by atoms with E-state index in [9.17, 15) is 0 Å². The van der Waals surface area contributed by atoms with Gasteiger partial charge in [0.15, 0.2) is 23.3 Å². The largest absolute Gasteiger partial charge is 0.495 e. The monoisotopic (exact) mass is 858 g/mol. The molecular formula is C51H46N12O2. The van der Waals surface area contributed by atoms with E-state index >= 15 is 0 Å². The van der Waals surface area contributed by atoms with Gasteiger partial charge < -0.3 is 19.2 Å². The molecule has 0 saturated carbocycles. The van der Waals surface area contributed by atoms with Crippen molar-refractivity contribution in [2.45, 2.75) is 40.5 Å². The van der Waals surface area contributed by atoms with E-state index in [0.717, 1.165) is 50.0 Å². The Hall–Kier alpha value is -8.26. The zero-order valence-electron chi connectivity index (χ0n) is 36.7. The van der Waals surface area contributed by atoms with E-state index in [-0.39, 0.29) is 0 Å². The molecule has 0 fully saturated rings. The molecule has 2 N–H and O–H groups in total. The van der Waals surface area contributed by atoms with Crippen LogP contribution in [0.3, 0.4) is 0 Å². The van der Waals surface area contributed by atoms with E-state index in [1.54, 1.807) is 19.5 Å². The first kappa shape index (κ1) is 40.8. The van der Waals surface area contributed by atoms with E-state index in [1.165, 1.54) is 11.1 Å². The van der Waals surface area contributed by atoms with E-state index in [0.29, 0.717) is 83.5 Å². The van der Waals surface area contributed by atoms with Crippen LogP contribution in [-0.2, 0) is 12.8 Å². The molecule has 65 heavy (non-hydrogen) atoms. The van der Waals surface area contributed by atoms with Crippen LogP contribution in [0.25, 0.3) is 67.4 Å². The van der Waals surface area contributed by atoms with Crippen molar-refractivity contribution in [1.29, 1.82) is 0 Å². The Labute approximate surface area is 375 Å². The van der Waals surface area contributed by atoms with Crippen molar-refractivity contribution in [1.82, 2.24) is 50.0 Å². The lowest BCUT2D eigenvalue weighted by Crippen LogP contribution is -2.46. The summed E-state index contributed by atoms with van der Waals surface area (Å²) in [6, 6.07) is 34.6. The molecule has 14 heteroatoms. The zero-order chi connectivity index (χ0) is 44.4. The van der Waals surface area contributed by atoms with Crippen LogP contribution in [0.5, 0.6) is 5.75 Å². The summed E-state index contributed by atoms with van der Waals surface area (Å²) in [4.78, 5) is 42.2. The average Bonchev–Trinajstić information content (AvgIpc) is 4.08. The topological polar surface area (TPSA) is 164 Å². The van der Waals surface area contributed by atoms with Crippen LogP contribution in [0.4, 0.5) is 11.6 Å². The Morgan fingerprint density at radius 3 is 1.91 bits per heavy atom. The molecule has 8 heterocycles. The summed E-state index contributed by atoms with van der Waals surface area (Å²) < 4.78 is 11.4. The maximum Gasteiger partial charge on any atom is 0.180 e. The number of pyridine rings is 3. The number of hydrogen-bond acceptors (Lipinski definition) is 12. The summed E-state index contributed by atoms with van der Waals surface area (Å²) in [5.74, 6) is 3.45. The van der Waals surface area contributed by atoms with Crippen molar-refractivity contribution in [3.8, 4) is 51.3 Å². The number of para-hydroxylation sites is 1. The molecule has 8 aromatic heterocycles. The van der Waals surface area contributed by atoms with E-state index in [4.69, 9.17) is 39.2 Å². The molecule has 0 amide bonds. The van der Waals surface area contributed by atoms with Gasteiger partial charge in [0.25, 0.3) is 0 Å². The average molecular weight is 859 g/mol. The number of H-pyrrole nitrogens is 2. The van der Waals surface area contributed by atoms with Gasteiger partial charge in [0.2, 0.25) is 0 Å². The summed E-state index contributed by atoms with van der Waals surface area (Å²) in [7, 11) is 1.63. The molecule has 0 unspecified atom stereocenters. The first-order valence-corrected chi connectivity index (χ1v) is 21.5. The summed E-state index contributed by atoms with van der Waals surface area (Å²) in [5.41, 5.74) is 11.1. The van der Waals surface area contributed by atoms with E-state index in [1.807, 2.05) is 94.6 Å². The van der Waals surface area contributed by atoms with Gasteiger partial charge in [0.1, 0.15) is 22.9 Å². The van der Waals surface area contributed by atoms with Crippen LogP contribution in [0.15, 0.2) is 132 Å². The predicted molar refractivity (Wildman–Crippen MR) is 253 cm³/mol. The number of anilines is 2. The van der Waals surface area contributed by atoms with E-state index < -0.39 is 0 Å². The highest BCUT2D eigenvalue weighted by Crippen LogP contribution is 2.34. The molecule has 0 atom stereocenters. The summed E-state index contributed by atoms with van der Waals surface area (Å²) in [6.07, 6.45) is 8.86. The van der Waals surface area contributed by atoms with Gasteiger partial charge in [0, 0.05) is 82.6 Å². The summed E-state index contributed by atoms with van der Waals surface area (Å²) >= 11 is 0. The first-order chi connectivity index (χ1) is 31.8. The normalized spacial score (nSPS) is 11.4. The van der Waals surface area contributed by atoms with Crippen molar-refractivity contribution in [3.05, 3.63) is 162 Å². The van der Waals surface area contributed by atoms with Gasteiger partial charge in [-0.25, -0.2) is 29.9 Å². The van der Waals surface area contributed by atoms with Gasteiger partial charge in [-0.1, -0.05) is 47.6 Å². The van der Waals surface area contributed by atoms with Crippen LogP contribution in [0.2, 0.25) is 0 Å². The fourth-order valence-electron chi connectivity index (χ4n) is 8.37. The van der Waals surface area contributed by atoms with Crippen LogP contribution in [0, 0.1) is 27.7 Å². The lowest BCUT2D eigenvalue weighted by atomic mass is 10.1. The number of aromatic nitrogens is 10. The van der Waals surface area contributed by atoms with Crippen LogP contribution < -0.4 is 14.8 Å². The van der Waals surface area contributed by atoms with Gasteiger partial charge in [0.05, 0.1) is 36.0 Å². The van der Waals surface area contributed by atoms with Crippen molar-refractivity contribution in [2.24, 2.45) is 0 Å². The number of hydrogen-bond donors (Lipinski definition) is 2. The number of ether oxygens (including phenoxy) is 1. The maximum absolute atomic E-state index is 5.73. The lowest BCUT2D eigenvalue weighted by Gasteiger charge is -2.37. The Morgan fingerprint density at radius 2 is 1.22 bits per heavy atom. The minimum Gasteiger partial charge on any atom is -0.495 e. The minimum absolute atomic E-state index is 0.460. The Bertz CT molecular complexity index is 3300. The highest BCUT2D eigenvalue weighted by molar-refractivity contribution is 5.84. The molecular weight excluding hydrogens is 813 g/mol. The smallest absolute Gasteiger partial charge is 0.180 e. The zero-order valence-corrected chi connectivity index (χ0v) is 36.7. The molecule has 0 aliphatic rings. The highest BCUT2D eigenvalue weighted by atomic mass is 16.5. The third-order valence-corrected chi connectivity index (χ3v) is 11.6. The highest BCUT2D eigenvalue weighted by Gasteiger charge is 2.27. The lowest BCUT2D eigenvalue weighted by molar-refractivity contribution is 0.393. The number of hydrazine groups is 1. The SMILES string of the molecule is COc1cncc(-c2cc(N(CCc3cccc4[nH]ccc34)N(CCc3c[nH]c4ccccc34)c3cc(-c4c(C)noc4C)nc(-c4cccc(C)n4)n3)nc(-c3cccc(C)n3)n2)c1. The number of nitrogens with one attached hydrogen (secondary N) is 2. The number of benzene rings is 2. The number of rotatable bonds is 14. The number of methoxy groups -OCH3 is 1. The third-order valence-electron chi connectivity index (χ3n) is 11.6. The molecule has 0 aliphatic heterocycles. The number of aryl methyl sites for hydroxylation is 4. The summed E-state index contributed by atoms with van der Waals surface area (Å²) in [6.45, 7) is 8.75. The van der Waals surface area contributed by atoms with Crippen molar-refractivity contribution < 1.29 is 9.26 Å². The van der Waals surface area contributed by atoms with Gasteiger partial charge in [-0.2, -0.15) is 0 Å². The molecule has 0 aliphatic carbocycles. The number of nitrogens with zero attached hydrogens (tertiary/aromatic N) is 10. The predicted octanol–water partition coefficient (Wildman–Crippen LogP) is 10.0. The molecule has 10 rings (SSSR count). The second kappa shape index (κ2) is 17.5. The molecule has 10 aromatic rings. The molecule has 0 spiro atoms. The fraction of sp³-hybridized carbons (Fsp3) is 0.176. The molecule has 14 nitrogen and oxygen atoms in total. The van der Waals surface area contributed by atoms with Crippen molar-refractivity contribution in [2.75, 3.05) is 30.2 Å². The van der Waals surface area contributed by atoms with Gasteiger partial charge >= 0.3 is 0 Å². The van der Waals surface area contributed by atoms with Crippen LogP contribution in [0.1, 0.15) is 34.0 Å². The van der Waals surface area contributed by atoms with E-state index in [2.05, 4.69) is 78.8 Å². The Morgan fingerprint density at radius 1 is 0.585 bits per heavy atom. The van der Waals surface area contributed by atoms with Crippen molar-refractivity contribution in [3.63, 3.8) is 0 Å². The van der Waals surface area contributed by atoms with Crippen LogP contribution in [-0.4, -0.2) is 70.2 Å².